The van der Waals surface area contributed by atoms with Crippen LogP contribution < -0.4 is 10.6 Å². The van der Waals surface area contributed by atoms with Gasteiger partial charge in [0, 0.05) is 23.6 Å². The lowest BCUT2D eigenvalue weighted by molar-refractivity contribution is -0.384. The van der Waals surface area contributed by atoms with Gasteiger partial charge in [-0.2, -0.15) is 5.10 Å². The van der Waals surface area contributed by atoms with Gasteiger partial charge in [-0.3, -0.25) is 19.7 Å². The Morgan fingerprint density at radius 2 is 1.85 bits per heavy atom. The molecule has 2 N–H and O–H groups in total. The first kappa shape index (κ1) is 23.9. The number of para-hydroxylation sites is 1. The highest BCUT2D eigenvalue weighted by molar-refractivity contribution is 6.34. The molecule has 0 saturated carbocycles. The van der Waals surface area contributed by atoms with E-state index in [9.17, 15) is 19.7 Å². The minimum Gasteiger partial charge on any atom is -0.343 e. The van der Waals surface area contributed by atoms with Gasteiger partial charge in [-0.05, 0) is 24.6 Å². The Bertz CT molecular complexity index is 1230. The number of nitrogens with zero attached hydrogens (tertiary/aromatic N) is 3. The van der Waals surface area contributed by atoms with Crippen LogP contribution in [0.4, 0.5) is 11.5 Å². The van der Waals surface area contributed by atoms with Crippen molar-refractivity contribution in [2.24, 2.45) is 0 Å². The largest absolute Gasteiger partial charge is 0.343 e. The van der Waals surface area contributed by atoms with Crippen molar-refractivity contribution in [2.45, 2.75) is 33.1 Å². The number of nitro benzene ring substituents is 1. The van der Waals surface area contributed by atoms with E-state index in [1.165, 1.54) is 12.1 Å². The number of rotatable bonds is 6. The fourth-order valence-electron chi connectivity index (χ4n) is 3.07. The van der Waals surface area contributed by atoms with Crippen LogP contribution in [0.15, 0.2) is 48.5 Å². The molecule has 0 aliphatic rings. The molecule has 172 valence electrons. The maximum Gasteiger partial charge on any atom is 0.270 e. The molecule has 2 amide bonds. The maximum absolute atomic E-state index is 12.6. The third-order valence-electron chi connectivity index (χ3n) is 4.91. The van der Waals surface area contributed by atoms with Crippen LogP contribution in [0, 0.1) is 17.0 Å². The summed E-state index contributed by atoms with van der Waals surface area (Å²) in [5.74, 6) is -0.605. The first-order chi connectivity index (χ1) is 15.5. The van der Waals surface area contributed by atoms with Crippen molar-refractivity contribution < 1.29 is 14.5 Å². The fourth-order valence-corrected chi connectivity index (χ4v) is 3.33. The summed E-state index contributed by atoms with van der Waals surface area (Å²) < 4.78 is 1.67. The zero-order valence-corrected chi connectivity index (χ0v) is 19.4. The van der Waals surface area contributed by atoms with Crippen LogP contribution in [-0.2, 0) is 10.2 Å². The fraction of sp³-hybridized carbons (Fsp3) is 0.261. The highest BCUT2D eigenvalue weighted by atomic mass is 35.5. The Balaban J connectivity index is 1.76. The normalized spacial score (nSPS) is 11.2. The van der Waals surface area contributed by atoms with Crippen molar-refractivity contribution >= 4 is 34.9 Å². The molecule has 0 aliphatic carbocycles. The molecule has 2 aromatic carbocycles. The summed E-state index contributed by atoms with van der Waals surface area (Å²) in [5.41, 5.74) is 2.17. The number of hydrogen-bond donors (Lipinski definition) is 2. The van der Waals surface area contributed by atoms with Crippen molar-refractivity contribution in [3.05, 3.63) is 80.5 Å². The Morgan fingerprint density at radius 1 is 1.15 bits per heavy atom. The van der Waals surface area contributed by atoms with Gasteiger partial charge in [-0.15, -0.1) is 0 Å². The predicted molar refractivity (Wildman–Crippen MR) is 126 cm³/mol. The topological polar surface area (TPSA) is 119 Å². The second kappa shape index (κ2) is 9.41. The van der Waals surface area contributed by atoms with E-state index in [-0.39, 0.29) is 28.2 Å². The Labute approximate surface area is 195 Å². The number of benzene rings is 2. The van der Waals surface area contributed by atoms with Gasteiger partial charge in [0.1, 0.15) is 5.82 Å². The second-order valence-corrected chi connectivity index (χ2v) is 8.92. The summed E-state index contributed by atoms with van der Waals surface area (Å²) in [6, 6.07) is 13.0. The van der Waals surface area contributed by atoms with Gasteiger partial charge in [0.15, 0.2) is 0 Å². The Hall–Kier alpha value is -3.72. The van der Waals surface area contributed by atoms with Crippen LogP contribution in [0.25, 0.3) is 5.69 Å². The van der Waals surface area contributed by atoms with E-state index in [0.717, 1.165) is 23.0 Å². The number of nitro groups is 1. The molecular formula is C23H24ClN5O4. The molecule has 0 bridgehead atoms. The molecule has 0 aliphatic heterocycles. The molecule has 0 spiro atoms. The van der Waals surface area contributed by atoms with Gasteiger partial charge >= 0.3 is 0 Å². The number of aromatic nitrogens is 2. The number of hydrogen-bond acceptors (Lipinski definition) is 5. The van der Waals surface area contributed by atoms with Crippen LogP contribution in [0.5, 0.6) is 0 Å². The van der Waals surface area contributed by atoms with E-state index in [2.05, 4.69) is 15.7 Å². The number of non-ortho nitro benzene ring substituents is 1. The molecule has 33 heavy (non-hydrogen) atoms. The van der Waals surface area contributed by atoms with Crippen LogP contribution in [0.2, 0.25) is 5.02 Å². The molecule has 3 aromatic rings. The standard InChI is InChI=1S/C23H24ClN5O4/c1-14-7-5-6-8-18(14)28-20(12-19(27-28)23(2,3)4)26-21(30)13-25-22(31)16-10-9-15(29(32)33)11-17(16)24/h5-12H,13H2,1-4H3,(H,25,31)(H,26,30). The number of aryl methyl sites for hydroxylation is 1. The van der Waals surface area contributed by atoms with E-state index in [0.29, 0.717) is 5.82 Å². The highest BCUT2D eigenvalue weighted by Gasteiger charge is 2.22. The molecular weight excluding hydrogens is 446 g/mol. The van der Waals surface area contributed by atoms with Crippen LogP contribution in [0.3, 0.4) is 0 Å². The summed E-state index contributed by atoms with van der Waals surface area (Å²) in [6.07, 6.45) is 0. The minimum atomic E-state index is -0.618. The summed E-state index contributed by atoms with van der Waals surface area (Å²) in [7, 11) is 0. The number of amides is 2. The van der Waals surface area contributed by atoms with E-state index in [1.54, 1.807) is 10.7 Å². The number of halogens is 1. The molecule has 9 nitrogen and oxygen atoms in total. The first-order valence-corrected chi connectivity index (χ1v) is 10.5. The van der Waals surface area contributed by atoms with Crippen molar-refractivity contribution in [1.82, 2.24) is 15.1 Å². The molecule has 10 heteroatoms. The smallest absolute Gasteiger partial charge is 0.270 e. The Kier molecular flexibility index (Phi) is 6.83. The number of nitrogens with one attached hydrogen (secondary N) is 2. The van der Waals surface area contributed by atoms with E-state index in [4.69, 9.17) is 11.6 Å². The third kappa shape index (κ3) is 5.56. The lowest BCUT2D eigenvalue weighted by Gasteiger charge is -2.14. The van der Waals surface area contributed by atoms with Gasteiger partial charge in [0.2, 0.25) is 5.91 Å². The van der Waals surface area contributed by atoms with Gasteiger partial charge in [0.05, 0.1) is 33.4 Å². The van der Waals surface area contributed by atoms with Crippen molar-refractivity contribution in [2.75, 3.05) is 11.9 Å². The summed E-state index contributed by atoms with van der Waals surface area (Å²) >= 11 is 5.98. The number of anilines is 1. The summed E-state index contributed by atoms with van der Waals surface area (Å²) in [6.45, 7) is 7.70. The monoisotopic (exact) mass is 469 g/mol. The molecule has 0 saturated heterocycles. The van der Waals surface area contributed by atoms with Crippen LogP contribution in [-0.4, -0.2) is 33.1 Å². The quantitative estimate of drug-likeness (QED) is 0.409. The second-order valence-electron chi connectivity index (χ2n) is 8.52. The van der Waals surface area contributed by atoms with Gasteiger partial charge < -0.3 is 10.6 Å². The molecule has 3 rings (SSSR count). The lowest BCUT2D eigenvalue weighted by atomic mass is 9.92. The maximum atomic E-state index is 12.6. The molecule has 0 fully saturated rings. The van der Waals surface area contributed by atoms with Crippen molar-refractivity contribution in [3.63, 3.8) is 0 Å². The molecule has 0 atom stereocenters. The highest BCUT2D eigenvalue weighted by Crippen LogP contribution is 2.27. The summed E-state index contributed by atoms with van der Waals surface area (Å²) in [4.78, 5) is 35.2. The average molecular weight is 470 g/mol. The first-order valence-electron chi connectivity index (χ1n) is 10.2. The van der Waals surface area contributed by atoms with Crippen molar-refractivity contribution in [1.29, 1.82) is 0 Å². The van der Waals surface area contributed by atoms with Crippen molar-refractivity contribution in [3.8, 4) is 5.69 Å². The zero-order valence-electron chi connectivity index (χ0n) is 18.7. The molecule has 1 heterocycles. The predicted octanol–water partition coefficient (Wildman–Crippen LogP) is 4.41. The van der Waals surface area contributed by atoms with Crippen LogP contribution >= 0.6 is 11.6 Å². The lowest BCUT2D eigenvalue weighted by Crippen LogP contribution is -2.33. The molecule has 0 unspecified atom stereocenters. The zero-order chi connectivity index (χ0) is 24.3. The summed E-state index contributed by atoms with van der Waals surface area (Å²) in [5, 5.41) is 20.7. The van der Waals surface area contributed by atoms with Gasteiger partial charge in [-0.1, -0.05) is 50.6 Å². The van der Waals surface area contributed by atoms with E-state index < -0.39 is 16.7 Å². The van der Waals surface area contributed by atoms with Gasteiger partial charge in [0.25, 0.3) is 11.6 Å². The minimum absolute atomic E-state index is 0.0371. The van der Waals surface area contributed by atoms with Gasteiger partial charge in [-0.25, -0.2) is 4.68 Å². The number of carbonyl (C=O) groups excluding carboxylic acids is 2. The number of carbonyl (C=O) groups is 2. The van der Waals surface area contributed by atoms with E-state index in [1.807, 2.05) is 52.0 Å². The Morgan fingerprint density at radius 3 is 2.45 bits per heavy atom. The molecule has 0 radical (unpaired) electrons. The van der Waals surface area contributed by atoms with E-state index >= 15 is 0 Å². The van der Waals surface area contributed by atoms with Crippen LogP contribution in [0.1, 0.15) is 42.4 Å². The SMILES string of the molecule is Cc1ccccc1-n1nc(C(C)(C)C)cc1NC(=O)CNC(=O)c1ccc([N+](=O)[O-])cc1Cl. The third-order valence-corrected chi connectivity index (χ3v) is 5.22. The average Bonchev–Trinajstić information content (AvgIpc) is 3.16. The molecule has 1 aromatic heterocycles.